The Balaban J connectivity index is 1.44. The average molecular weight is 341 g/mol. The summed E-state index contributed by atoms with van der Waals surface area (Å²) in [5, 5.41) is 3.87. The van der Waals surface area contributed by atoms with Crippen LogP contribution in [0, 0.1) is 0 Å². The lowest BCUT2D eigenvalue weighted by Gasteiger charge is -2.00. The number of esters is 1. The number of ether oxygens (including phenoxy) is 3. The van der Waals surface area contributed by atoms with Crippen LogP contribution in [0.4, 0.5) is 0 Å². The molecule has 0 amide bonds. The van der Waals surface area contributed by atoms with Crippen LogP contribution in [-0.2, 0) is 11.3 Å². The van der Waals surface area contributed by atoms with Crippen LogP contribution >= 0.6 is 0 Å². The van der Waals surface area contributed by atoms with E-state index in [-0.39, 0.29) is 19.0 Å². The van der Waals surface area contributed by atoms with Gasteiger partial charge in [0.05, 0.1) is 5.56 Å². The second-order valence-electron chi connectivity index (χ2n) is 5.17. The zero-order valence-corrected chi connectivity index (χ0v) is 12.8. The molecule has 2 aromatic heterocycles. The molecule has 0 radical (unpaired) electrons. The monoisotopic (exact) mass is 341 g/mol. The first kappa shape index (κ1) is 15.0. The molecule has 0 atom stereocenters. The molecule has 25 heavy (non-hydrogen) atoms. The van der Waals surface area contributed by atoms with Crippen molar-refractivity contribution in [3.8, 4) is 22.8 Å². The van der Waals surface area contributed by atoms with E-state index in [1.165, 1.54) is 6.07 Å². The fourth-order valence-electron chi connectivity index (χ4n) is 2.26. The van der Waals surface area contributed by atoms with Gasteiger partial charge >= 0.3 is 11.6 Å². The number of hydrogen-bond acceptors (Lipinski definition) is 8. The van der Waals surface area contributed by atoms with E-state index in [0.29, 0.717) is 23.0 Å². The van der Waals surface area contributed by atoms with E-state index < -0.39 is 11.6 Å². The highest BCUT2D eigenvalue weighted by Crippen LogP contribution is 2.36. The highest BCUT2D eigenvalue weighted by molar-refractivity contribution is 5.88. The van der Waals surface area contributed by atoms with Crippen LogP contribution in [0.15, 0.2) is 56.4 Å². The van der Waals surface area contributed by atoms with Gasteiger partial charge in [-0.25, -0.2) is 9.59 Å². The van der Waals surface area contributed by atoms with Gasteiger partial charge in [-0.05, 0) is 24.3 Å². The first-order valence-electron chi connectivity index (χ1n) is 7.31. The normalized spacial score (nSPS) is 12.2. The highest BCUT2D eigenvalue weighted by atomic mass is 16.7. The van der Waals surface area contributed by atoms with Crippen LogP contribution in [0.25, 0.3) is 11.3 Å². The summed E-state index contributed by atoms with van der Waals surface area (Å²) in [5.41, 5.74) is 0.804. The van der Waals surface area contributed by atoms with Gasteiger partial charge in [-0.3, -0.25) is 0 Å². The molecule has 8 nitrogen and oxygen atoms in total. The summed E-state index contributed by atoms with van der Waals surface area (Å²) in [4.78, 5) is 22.7. The lowest BCUT2D eigenvalue weighted by molar-refractivity contribution is 0.0461. The van der Waals surface area contributed by atoms with E-state index in [1.807, 2.05) is 6.07 Å². The maximum atomic E-state index is 11.9. The molecule has 1 aliphatic heterocycles. The van der Waals surface area contributed by atoms with Crippen LogP contribution in [0.2, 0.25) is 0 Å². The van der Waals surface area contributed by atoms with Crippen molar-refractivity contribution in [3.05, 3.63) is 64.3 Å². The number of hydrogen-bond donors (Lipinski definition) is 0. The average Bonchev–Trinajstić information content (AvgIpc) is 3.28. The van der Waals surface area contributed by atoms with E-state index in [1.54, 1.807) is 18.2 Å². The summed E-state index contributed by atoms with van der Waals surface area (Å²) < 4.78 is 25.6. The Hall–Kier alpha value is -3.55. The number of rotatable bonds is 4. The molecule has 1 aromatic carbocycles. The van der Waals surface area contributed by atoms with E-state index in [9.17, 15) is 9.59 Å². The predicted molar refractivity (Wildman–Crippen MR) is 82.2 cm³/mol. The summed E-state index contributed by atoms with van der Waals surface area (Å²) in [7, 11) is 0. The minimum absolute atomic E-state index is 0.0774. The number of fused-ring (bicyclic) bond motifs is 1. The van der Waals surface area contributed by atoms with Gasteiger partial charge in [0, 0.05) is 17.7 Å². The van der Waals surface area contributed by atoms with Crippen LogP contribution in [-0.4, -0.2) is 17.9 Å². The Bertz CT molecular complexity index is 968. The molecule has 4 rings (SSSR count). The summed E-state index contributed by atoms with van der Waals surface area (Å²) >= 11 is 0. The second kappa shape index (κ2) is 6.16. The third-order valence-corrected chi connectivity index (χ3v) is 3.50. The van der Waals surface area contributed by atoms with Crippen molar-refractivity contribution >= 4 is 5.97 Å². The number of carbonyl (C=O) groups excluding carboxylic acids is 1. The van der Waals surface area contributed by atoms with Crippen molar-refractivity contribution in [3.63, 3.8) is 0 Å². The summed E-state index contributed by atoms with van der Waals surface area (Å²) in [6, 6.07) is 9.51. The van der Waals surface area contributed by atoms with Crippen molar-refractivity contribution < 1.29 is 27.9 Å². The largest absolute Gasteiger partial charge is 0.455 e. The smallest absolute Gasteiger partial charge is 0.341 e. The molecule has 0 saturated carbocycles. The summed E-state index contributed by atoms with van der Waals surface area (Å²) in [6.45, 7) is 0.113. The molecule has 0 aliphatic carbocycles. The number of benzene rings is 1. The molecule has 0 spiro atoms. The van der Waals surface area contributed by atoms with Crippen molar-refractivity contribution in [1.29, 1.82) is 0 Å². The van der Waals surface area contributed by atoms with Crippen molar-refractivity contribution in [2.45, 2.75) is 6.61 Å². The van der Waals surface area contributed by atoms with Crippen molar-refractivity contribution in [2.75, 3.05) is 6.79 Å². The molecular formula is C17H11NO7. The topological polar surface area (TPSA) is 101 Å². The zero-order valence-electron chi connectivity index (χ0n) is 12.8. The molecule has 8 heteroatoms. The Morgan fingerprint density at radius 1 is 1.12 bits per heavy atom. The molecule has 0 fully saturated rings. The van der Waals surface area contributed by atoms with Crippen LogP contribution in [0.3, 0.4) is 0 Å². The number of carbonyl (C=O) groups is 1. The number of nitrogens with zero attached hydrogens (tertiary/aromatic N) is 1. The molecule has 0 N–H and O–H groups in total. The molecule has 126 valence electrons. The third kappa shape index (κ3) is 3.09. The third-order valence-electron chi connectivity index (χ3n) is 3.50. The maximum absolute atomic E-state index is 11.9. The Morgan fingerprint density at radius 3 is 2.84 bits per heavy atom. The van der Waals surface area contributed by atoms with Crippen molar-refractivity contribution in [1.82, 2.24) is 5.16 Å². The Labute approximate surface area is 140 Å². The summed E-state index contributed by atoms with van der Waals surface area (Å²) in [5.74, 6) is 1.19. The standard InChI is InChI=1S/C17H11NO7/c19-16-4-2-11(7-21-16)17(20)22-8-12-6-14(25-18-12)10-1-3-13-15(5-10)24-9-23-13/h1-7H,8-9H2. The minimum atomic E-state index is -0.628. The molecule has 1 aliphatic rings. The minimum Gasteiger partial charge on any atom is -0.455 e. The van der Waals surface area contributed by atoms with Gasteiger partial charge in [0.25, 0.3) is 0 Å². The van der Waals surface area contributed by atoms with E-state index in [0.717, 1.165) is 17.9 Å². The second-order valence-corrected chi connectivity index (χ2v) is 5.17. The van der Waals surface area contributed by atoms with E-state index in [4.69, 9.17) is 18.7 Å². The van der Waals surface area contributed by atoms with Crippen molar-refractivity contribution in [2.24, 2.45) is 0 Å². The van der Waals surface area contributed by atoms with Gasteiger partial charge in [0.15, 0.2) is 17.3 Å². The predicted octanol–water partition coefficient (Wildman–Crippen LogP) is 2.38. The van der Waals surface area contributed by atoms with Gasteiger partial charge in [-0.15, -0.1) is 0 Å². The maximum Gasteiger partial charge on any atom is 0.341 e. The van der Waals surface area contributed by atoms with E-state index in [2.05, 4.69) is 9.57 Å². The fraction of sp³-hybridized carbons (Fsp3) is 0.118. The Morgan fingerprint density at radius 2 is 2.00 bits per heavy atom. The zero-order chi connectivity index (χ0) is 17.2. The molecule has 0 bridgehead atoms. The van der Waals surface area contributed by atoms with Crippen LogP contribution in [0.5, 0.6) is 11.5 Å². The van der Waals surface area contributed by atoms with Gasteiger partial charge in [0.2, 0.25) is 6.79 Å². The highest BCUT2D eigenvalue weighted by Gasteiger charge is 2.16. The first-order valence-corrected chi connectivity index (χ1v) is 7.31. The SMILES string of the molecule is O=C(OCc1cc(-c2ccc3c(c2)OCO3)on1)c1ccc(=O)oc1. The lowest BCUT2D eigenvalue weighted by atomic mass is 10.1. The molecule has 0 saturated heterocycles. The first-order chi connectivity index (χ1) is 12.2. The van der Waals surface area contributed by atoms with E-state index >= 15 is 0 Å². The van der Waals surface area contributed by atoms with Crippen LogP contribution in [0.1, 0.15) is 16.1 Å². The molecule has 0 unspecified atom stereocenters. The molecular weight excluding hydrogens is 330 g/mol. The number of aromatic nitrogens is 1. The molecule has 3 aromatic rings. The quantitative estimate of drug-likeness (QED) is 0.667. The van der Waals surface area contributed by atoms with Gasteiger partial charge < -0.3 is 23.2 Å². The molecule has 3 heterocycles. The lowest BCUT2D eigenvalue weighted by Crippen LogP contribution is -2.07. The summed E-state index contributed by atoms with van der Waals surface area (Å²) in [6.07, 6.45) is 1.05. The van der Waals surface area contributed by atoms with Gasteiger partial charge in [0.1, 0.15) is 18.6 Å². The van der Waals surface area contributed by atoms with Gasteiger partial charge in [-0.2, -0.15) is 0 Å². The Kier molecular flexibility index (Phi) is 3.70. The fourth-order valence-corrected chi connectivity index (χ4v) is 2.26. The van der Waals surface area contributed by atoms with Crippen LogP contribution < -0.4 is 15.1 Å². The van der Waals surface area contributed by atoms with Gasteiger partial charge in [-0.1, -0.05) is 5.16 Å².